The number of nitrogens with zero attached hydrogens (tertiary/aromatic N) is 2. The largest absolute Gasteiger partial charge is 0.507 e. The van der Waals surface area contributed by atoms with E-state index in [1.54, 1.807) is 25.1 Å². The highest BCUT2D eigenvalue weighted by molar-refractivity contribution is 6.47. The van der Waals surface area contributed by atoms with Crippen LogP contribution in [0.25, 0.3) is 5.76 Å². The van der Waals surface area contributed by atoms with Crippen molar-refractivity contribution in [2.75, 3.05) is 6.61 Å². The fraction of sp³-hybridized carbons (Fsp3) is 0.192. The molecule has 186 valence electrons. The van der Waals surface area contributed by atoms with Crippen LogP contribution < -0.4 is 4.74 Å². The van der Waals surface area contributed by atoms with Gasteiger partial charge < -0.3 is 14.7 Å². The second-order valence-electron chi connectivity index (χ2n) is 7.99. The van der Waals surface area contributed by atoms with E-state index < -0.39 is 35.2 Å². The Labute approximate surface area is 209 Å². The number of halogens is 4. The summed E-state index contributed by atoms with van der Waals surface area (Å²) in [5.74, 6) is -2.11. The Kier molecular flexibility index (Phi) is 7.03. The molecule has 1 saturated heterocycles. The maximum absolute atomic E-state index is 13.2. The number of likely N-dealkylation sites (tertiary alicyclic amines) is 1. The van der Waals surface area contributed by atoms with E-state index in [0.29, 0.717) is 17.9 Å². The first kappa shape index (κ1) is 25.2. The summed E-state index contributed by atoms with van der Waals surface area (Å²) >= 11 is 6.30. The highest BCUT2D eigenvalue weighted by Crippen LogP contribution is 2.42. The summed E-state index contributed by atoms with van der Waals surface area (Å²) in [4.78, 5) is 31.4. The average Bonchev–Trinajstić information content (AvgIpc) is 3.10. The van der Waals surface area contributed by atoms with Gasteiger partial charge in [0.2, 0.25) is 0 Å². The maximum Gasteiger partial charge on any atom is 0.416 e. The zero-order chi connectivity index (χ0) is 26.0. The van der Waals surface area contributed by atoms with Crippen LogP contribution >= 0.6 is 11.6 Å². The van der Waals surface area contributed by atoms with Crippen molar-refractivity contribution >= 4 is 29.1 Å². The SMILES string of the molecule is CCOc1ccc(Cl)c(/C(O)=C2\C(=O)C(=O)N(Cc3cccc(C(F)(F)F)c3)C2c2cccnc2)c1. The number of Topliss-reactive ketones (excluding diaryl/α,β-unsaturated/α-hetero) is 1. The lowest BCUT2D eigenvalue weighted by Gasteiger charge is -2.25. The fourth-order valence-corrected chi connectivity index (χ4v) is 4.26. The zero-order valence-electron chi connectivity index (χ0n) is 18.9. The van der Waals surface area contributed by atoms with E-state index in [2.05, 4.69) is 4.98 Å². The van der Waals surface area contributed by atoms with Gasteiger partial charge in [-0.3, -0.25) is 14.6 Å². The molecule has 1 amide bonds. The molecule has 0 spiro atoms. The molecular weight excluding hydrogens is 497 g/mol. The van der Waals surface area contributed by atoms with Crippen molar-refractivity contribution in [1.29, 1.82) is 0 Å². The Morgan fingerprint density at radius 2 is 1.92 bits per heavy atom. The highest BCUT2D eigenvalue weighted by atomic mass is 35.5. The van der Waals surface area contributed by atoms with Crippen LogP contribution in [0.2, 0.25) is 5.02 Å². The summed E-state index contributed by atoms with van der Waals surface area (Å²) in [6.45, 7) is 1.81. The first-order chi connectivity index (χ1) is 17.1. The molecule has 0 saturated carbocycles. The van der Waals surface area contributed by atoms with Crippen LogP contribution in [0, 0.1) is 0 Å². The first-order valence-corrected chi connectivity index (χ1v) is 11.3. The standard InChI is InChI=1S/C26H20ClF3N2O4/c1-2-36-18-8-9-20(27)19(12-18)23(33)21-22(16-6-4-10-31-13-16)32(25(35)24(21)34)14-15-5-3-7-17(11-15)26(28,29)30/h3-13,22,33H,2,14H2,1H3/b23-21+. The van der Waals surface area contributed by atoms with Crippen LogP contribution in [-0.4, -0.2) is 33.3 Å². The minimum Gasteiger partial charge on any atom is -0.507 e. The molecule has 10 heteroatoms. The van der Waals surface area contributed by atoms with Crippen molar-refractivity contribution in [3.05, 3.63) is 99.8 Å². The van der Waals surface area contributed by atoms with E-state index in [0.717, 1.165) is 17.0 Å². The number of benzene rings is 2. The Morgan fingerprint density at radius 3 is 2.58 bits per heavy atom. The third-order valence-corrected chi connectivity index (χ3v) is 5.98. The number of rotatable bonds is 6. The van der Waals surface area contributed by atoms with Crippen molar-refractivity contribution in [3.8, 4) is 5.75 Å². The van der Waals surface area contributed by atoms with Gasteiger partial charge in [-0.15, -0.1) is 0 Å². The third-order valence-electron chi connectivity index (χ3n) is 5.65. The van der Waals surface area contributed by atoms with Crippen molar-refractivity contribution < 1.29 is 32.6 Å². The molecule has 1 aliphatic heterocycles. The van der Waals surface area contributed by atoms with Crippen molar-refractivity contribution in [2.45, 2.75) is 25.7 Å². The van der Waals surface area contributed by atoms with Gasteiger partial charge in [0.05, 0.1) is 28.8 Å². The molecule has 1 aromatic heterocycles. The molecule has 2 heterocycles. The molecule has 36 heavy (non-hydrogen) atoms. The second kappa shape index (κ2) is 10.0. The van der Waals surface area contributed by atoms with Crippen molar-refractivity contribution in [1.82, 2.24) is 9.88 Å². The predicted molar refractivity (Wildman–Crippen MR) is 126 cm³/mol. The number of ether oxygens (including phenoxy) is 1. The molecule has 1 atom stereocenters. The number of pyridine rings is 1. The molecule has 0 bridgehead atoms. The third kappa shape index (κ3) is 4.92. The summed E-state index contributed by atoms with van der Waals surface area (Å²) in [6.07, 6.45) is -1.67. The summed E-state index contributed by atoms with van der Waals surface area (Å²) in [6, 6.07) is 11.1. The van der Waals surface area contributed by atoms with Gasteiger partial charge in [-0.05, 0) is 54.4 Å². The van der Waals surface area contributed by atoms with Gasteiger partial charge in [0, 0.05) is 24.5 Å². The van der Waals surface area contributed by atoms with Crippen LogP contribution in [0.15, 0.2) is 72.6 Å². The molecule has 1 N–H and O–H groups in total. The Balaban J connectivity index is 1.85. The van der Waals surface area contributed by atoms with Gasteiger partial charge in [-0.25, -0.2) is 0 Å². The minimum atomic E-state index is -4.57. The van der Waals surface area contributed by atoms with Crippen LogP contribution in [0.4, 0.5) is 13.2 Å². The number of aliphatic hydroxyl groups excluding tert-OH is 1. The van der Waals surface area contributed by atoms with Crippen LogP contribution in [-0.2, 0) is 22.3 Å². The molecule has 3 aromatic rings. The number of carbonyl (C=O) groups excluding carboxylic acids is 2. The highest BCUT2D eigenvalue weighted by Gasteiger charge is 2.46. The smallest absolute Gasteiger partial charge is 0.416 e. The Hall–Kier alpha value is -3.85. The summed E-state index contributed by atoms with van der Waals surface area (Å²) < 4.78 is 45.2. The molecular formula is C26H20ClF3N2O4. The molecule has 2 aromatic carbocycles. The normalized spacial score (nSPS) is 17.5. The predicted octanol–water partition coefficient (Wildman–Crippen LogP) is 5.77. The summed E-state index contributed by atoms with van der Waals surface area (Å²) in [5.41, 5.74) is -0.502. The number of carbonyl (C=O) groups is 2. The van der Waals surface area contributed by atoms with Crippen LogP contribution in [0.5, 0.6) is 5.75 Å². The van der Waals surface area contributed by atoms with Gasteiger partial charge in [-0.1, -0.05) is 29.8 Å². The fourth-order valence-electron chi connectivity index (χ4n) is 4.06. The number of ketones is 1. The lowest BCUT2D eigenvalue weighted by Crippen LogP contribution is -2.29. The van der Waals surface area contributed by atoms with E-state index >= 15 is 0 Å². The summed E-state index contributed by atoms with van der Waals surface area (Å²) in [7, 11) is 0. The molecule has 1 unspecified atom stereocenters. The second-order valence-corrected chi connectivity index (χ2v) is 8.39. The van der Waals surface area contributed by atoms with Gasteiger partial charge >= 0.3 is 6.18 Å². The molecule has 4 rings (SSSR count). The Morgan fingerprint density at radius 1 is 1.14 bits per heavy atom. The monoisotopic (exact) mass is 516 g/mol. The first-order valence-electron chi connectivity index (χ1n) is 10.9. The lowest BCUT2D eigenvalue weighted by atomic mass is 9.96. The number of amides is 1. The van der Waals surface area contributed by atoms with E-state index in [4.69, 9.17) is 16.3 Å². The molecule has 0 aliphatic carbocycles. The molecule has 0 radical (unpaired) electrons. The zero-order valence-corrected chi connectivity index (χ0v) is 19.7. The van der Waals surface area contributed by atoms with E-state index in [1.165, 1.54) is 36.7 Å². The number of hydrogen-bond acceptors (Lipinski definition) is 5. The van der Waals surface area contributed by atoms with Gasteiger partial charge in [-0.2, -0.15) is 13.2 Å². The van der Waals surface area contributed by atoms with Gasteiger partial charge in [0.15, 0.2) is 0 Å². The van der Waals surface area contributed by atoms with Gasteiger partial charge in [0.1, 0.15) is 11.5 Å². The van der Waals surface area contributed by atoms with Crippen molar-refractivity contribution in [2.24, 2.45) is 0 Å². The lowest BCUT2D eigenvalue weighted by molar-refractivity contribution is -0.140. The van der Waals surface area contributed by atoms with Crippen LogP contribution in [0.1, 0.15) is 35.2 Å². The number of hydrogen-bond donors (Lipinski definition) is 1. The molecule has 1 aliphatic rings. The molecule has 6 nitrogen and oxygen atoms in total. The van der Waals surface area contributed by atoms with Crippen molar-refractivity contribution in [3.63, 3.8) is 0 Å². The summed E-state index contributed by atoms with van der Waals surface area (Å²) in [5, 5.41) is 11.3. The quantitative estimate of drug-likeness (QED) is 0.255. The number of aliphatic hydroxyl groups is 1. The number of alkyl halides is 3. The Bertz CT molecular complexity index is 1340. The van der Waals surface area contributed by atoms with Gasteiger partial charge in [0.25, 0.3) is 11.7 Å². The minimum absolute atomic E-state index is 0.0774. The molecule has 1 fully saturated rings. The number of aromatic nitrogens is 1. The average molecular weight is 517 g/mol. The van der Waals surface area contributed by atoms with E-state index in [-0.39, 0.29) is 28.3 Å². The van der Waals surface area contributed by atoms with Crippen LogP contribution in [0.3, 0.4) is 0 Å². The van der Waals surface area contributed by atoms with E-state index in [1.807, 2.05) is 0 Å². The maximum atomic E-state index is 13.2. The van der Waals surface area contributed by atoms with E-state index in [9.17, 15) is 27.9 Å². The topological polar surface area (TPSA) is 79.7 Å².